The first-order valence-electron chi connectivity index (χ1n) is 6.52. The van der Waals surface area contributed by atoms with Gasteiger partial charge in [-0.25, -0.2) is 4.98 Å². The molecule has 0 amide bonds. The Labute approximate surface area is 111 Å². The highest BCUT2D eigenvalue weighted by molar-refractivity contribution is 5.83. The fourth-order valence-corrected chi connectivity index (χ4v) is 2.98. The largest absolute Gasteiger partial charge is 0.374 e. The smallest absolute Gasteiger partial charge is 0.137 e. The lowest BCUT2D eigenvalue weighted by Gasteiger charge is -2.33. The molecule has 0 spiro atoms. The normalized spacial score (nSPS) is 15.7. The predicted octanol–water partition coefficient (Wildman–Crippen LogP) is 3.66. The average molecular weight is 249 g/mol. The van der Waals surface area contributed by atoms with Crippen molar-refractivity contribution in [2.45, 2.75) is 19.4 Å². The number of nitrogens with one attached hydrogen (secondary N) is 1. The van der Waals surface area contributed by atoms with Crippen LogP contribution in [-0.4, -0.2) is 9.38 Å². The zero-order chi connectivity index (χ0) is 13.0. The number of nitrogens with zero attached hydrogens (tertiary/aromatic N) is 2. The molecule has 1 N–H and O–H groups in total. The second-order valence-electron chi connectivity index (χ2n) is 5.53. The topological polar surface area (TPSA) is 29.3 Å². The van der Waals surface area contributed by atoms with E-state index in [4.69, 9.17) is 4.98 Å². The Bertz CT molecular complexity index is 784. The van der Waals surface area contributed by atoms with E-state index >= 15 is 0 Å². The number of pyridine rings is 1. The van der Waals surface area contributed by atoms with Crippen LogP contribution in [0, 0.1) is 0 Å². The van der Waals surface area contributed by atoms with Crippen molar-refractivity contribution < 1.29 is 0 Å². The Kier molecular flexibility index (Phi) is 1.89. The summed E-state index contributed by atoms with van der Waals surface area (Å²) in [6.45, 7) is 4.39. The molecule has 0 saturated carbocycles. The summed E-state index contributed by atoms with van der Waals surface area (Å²) in [4.78, 5) is 4.81. The number of rotatable bonds is 0. The van der Waals surface area contributed by atoms with Gasteiger partial charge in [0.25, 0.3) is 0 Å². The van der Waals surface area contributed by atoms with Crippen LogP contribution in [0.3, 0.4) is 0 Å². The minimum absolute atomic E-state index is 0.134. The summed E-state index contributed by atoms with van der Waals surface area (Å²) in [5.74, 6) is 0. The number of imidazole rings is 1. The molecule has 3 heterocycles. The van der Waals surface area contributed by atoms with Gasteiger partial charge in [0.1, 0.15) is 5.65 Å². The third kappa shape index (κ3) is 1.35. The fourth-order valence-electron chi connectivity index (χ4n) is 2.98. The van der Waals surface area contributed by atoms with Crippen LogP contribution in [0.1, 0.15) is 19.5 Å². The molecule has 0 aliphatic carbocycles. The molecule has 0 radical (unpaired) electrons. The van der Waals surface area contributed by atoms with E-state index in [0.717, 1.165) is 17.0 Å². The van der Waals surface area contributed by atoms with Crippen LogP contribution in [0.25, 0.3) is 16.9 Å². The maximum absolute atomic E-state index is 4.81. The lowest BCUT2D eigenvalue weighted by Crippen LogP contribution is -2.33. The summed E-state index contributed by atoms with van der Waals surface area (Å²) < 4.78 is 2.18. The van der Waals surface area contributed by atoms with Crippen molar-refractivity contribution in [3.63, 3.8) is 0 Å². The van der Waals surface area contributed by atoms with Gasteiger partial charge in [0.05, 0.1) is 16.9 Å². The molecule has 0 unspecified atom stereocenters. The summed E-state index contributed by atoms with van der Waals surface area (Å²) in [5.41, 5.74) is 5.51. The van der Waals surface area contributed by atoms with E-state index in [2.05, 4.69) is 60.1 Å². The number of fused-ring (bicyclic) bond motifs is 5. The van der Waals surface area contributed by atoms with E-state index in [9.17, 15) is 0 Å². The highest BCUT2D eigenvalue weighted by Gasteiger charge is 2.34. The Balaban J connectivity index is 2.16. The molecule has 1 aliphatic heterocycles. The average Bonchev–Trinajstić information content (AvgIpc) is 2.78. The number of hydrogen-bond donors (Lipinski definition) is 1. The third-order valence-electron chi connectivity index (χ3n) is 3.75. The zero-order valence-electron chi connectivity index (χ0n) is 11.0. The SMILES string of the molecule is CC1(C)Nc2ccccc2-c2nc3ccccn3c21. The molecule has 4 rings (SSSR count). The Hall–Kier alpha value is -2.29. The molecule has 1 aliphatic rings. The summed E-state index contributed by atoms with van der Waals surface area (Å²) >= 11 is 0. The highest BCUT2D eigenvalue weighted by Crippen LogP contribution is 2.42. The van der Waals surface area contributed by atoms with Gasteiger partial charge in [0.2, 0.25) is 0 Å². The lowest BCUT2D eigenvalue weighted by atomic mass is 9.90. The van der Waals surface area contributed by atoms with Gasteiger partial charge in [0, 0.05) is 17.4 Å². The molecule has 19 heavy (non-hydrogen) atoms. The number of benzene rings is 1. The van der Waals surface area contributed by atoms with Crippen LogP contribution in [0.2, 0.25) is 0 Å². The van der Waals surface area contributed by atoms with E-state index in [0.29, 0.717) is 0 Å². The number of anilines is 1. The molecule has 1 aromatic carbocycles. The van der Waals surface area contributed by atoms with Crippen LogP contribution in [-0.2, 0) is 5.54 Å². The van der Waals surface area contributed by atoms with Crippen molar-refractivity contribution in [1.29, 1.82) is 0 Å². The van der Waals surface area contributed by atoms with E-state index < -0.39 is 0 Å². The van der Waals surface area contributed by atoms with Gasteiger partial charge in [0.15, 0.2) is 0 Å². The highest BCUT2D eigenvalue weighted by atomic mass is 15.1. The molecule has 3 heteroatoms. The summed E-state index contributed by atoms with van der Waals surface area (Å²) in [7, 11) is 0. The van der Waals surface area contributed by atoms with Gasteiger partial charge in [-0.2, -0.15) is 0 Å². The number of aromatic nitrogens is 2. The maximum atomic E-state index is 4.81. The van der Waals surface area contributed by atoms with Crippen LogP contribution in [0.5, 0.6) is 0 Å². The molecule has 0 saturated heterocycles. The second-order valence-corrected chi connectivity index (χ2v) is 5.53. The predicted molar refractivity (Wildman–Crippen MR) is 77.3 cm³/mol. The summed E-state index contributed by atoms with van der Waals surface area (Å²) in [6.07, 6.45) is 2.08. The first-order valence-corrected chi connectivity index (χ1v) is 6.52. The molecular weight excluding hydrogens is 234 g/mol. The third-order valence-corrected chi connectivity index (χ3v) is 3.75. The maximum Gasteiger partial charge on any atom is 0.137 e. The van der Waals surface area contributed by atoms with Crippen LogP contribution in [0.15, 0.2) is 48.7 Å². The molecule has 0 atom stereocenters. The first kappa shape index (κ1) is 10.6. The standard InChI is InChI=1S/C16H15N3/c1-16(2)15-14(11-7-3-4-8-12(11)18-16)17-13-9-5-6-10-19(13)15/h3-10,18H,1-2H3. The van der Waals surface area contributed by atoms with Crippen molar-refractivity contribution in [3.05, 3.63) is 54.4 Å². The van der Waals surface area contributed by atoms with Crippen molar-refractivity contribution in [2.75, 3.05) is 5.32 Å². The molecule has 2 aromatic heterocycles. The zero-order valence-corrected chi connectivity index (χ0v) is 11.0. The summed E-state index contributed by atoms with van der Waals surface area (Å²) in [5, 5.41) is 3.61. The molecular formula is C16H15N3. The molecule has 0 fully saturated rings. The van der Waals surface area contributed by atoms with E-state index in [-0.39, 0.29) is 5.54 Å². The second kappa shape index (κ2) is 3.38. The van der Waals surface area contributed by atoms with Gasteiger partial charge in [-0.3, -0.25) is 0 Å². The van der Waals surface area contributed by atoms with Crippen molar-refractivity contribution in [3.8, 4) is 11.3 Å². The lowest BCUT2D eigenvalue weighted by molar-refractivity contribution is 0.578. The first-order chi connectivity index (χ1) is 9.17. The number of para-hydroxylation sites is 1. The van der Waals surface area contributed by atoms with Crippen LogP contribution in [0.4, 0.5) is 5.69 Å². The summed E-state index contributed by atoms with van der Waals surface area (Å²) in [6, 6.07) is 14.5. The van der Waals surface area contributed by atoms with Gasteiger partial charge in [-0.1, -0.05) is 24.3 Å². The Morgan fingerprint density at radius 1 is 1.05 bits per heavy atom. The minimum atomic E-state index is -0.134. The van der Waals surface area contributed by atoms with E-state index in [1.807, 2.05) is 12.1 Å². The fraction of sp³-hybridized carbons (Fsp3) is 0.188. The van der Waals surface area contributed by atoms with Crippen LogP contribution >= 0.6 is 0 Å². The van der Waals surface area contributed by atoms with Crippen molar-refractivity contribution in [1.82, 2.24) is 9.38 Å². The Morgan fingerprint density at radius 3 is 2.74 bits per heavy atom. The van der Waals surface area contributed by atoms with Crippen molar-refractivity contribution >= 4 is 11.3 Å². The van der Waals surface area contributed by atoms with Crippen molar-refractivity contribution in [2.24, 2.45) is 0 Å². The minimum Gasteiger partial charge on any atom is -0.374 e. The molecule has 94 valence electrons. The van der Waals surface area contributed by atoms with Gasteiger partial charge in [-0.05, 0) is 32.0 Å². The van der Waals surface area contributed by atoms with Gasteiger partial charge >= 0.3 is 0 Å². The monoisotopic (exact) mass is 249 g/mol. The van der Waals surface area contributed by atoms with Crippen LogP contribution < -0.4 is 5.32 Å². The molecule has 0 bridgehead atoms. The van der Waals surface area contributed by atoms with Gasteiger partial charge in [-0.15, -0.1) is 0 Å². The van der Waals surface area contributed by atoms with Gasteiger partial charge < -0.3 is 9.72 Å². The quantitative estimate of drug-likeness (QED) is 0.658. The Morgan fingerprint density at radius 2 is 1.84 bits per heavy atom. The molecule has 3 nitrogen and oxygen atoms in total. The van der Waals surface area contributed by atoms with E-state index in [1.54, 1.807) is 0 Å². The number of hydrogen-bond acceptors (Lipinski definition) is 2. The van der Waals surface area contributed by atoms with E-state index in [1.165, 1.54) is 11.3 Å². The molecule has 3 aromatic rings.